The molecule has 4 nitrogen and oxygen atoms in total. The van der Waals surface area contributed by atoms with E-state index >= 15 is 0 Å². The van der Waals surface area contributed by atoms with Crippen LogP contribution in [-0.4, -0.2) is 17.0 Å². The van der Waals surface area contributed by atoms with Gasteiger partial charge in [-0.15, -0.1) is 11.3 Å². The smallest absolute Gasteiger partial charge is 0.307 e. The number of hydrogen-bond donors (Lipinski definition) is 2. The van der Waals surface area contributed by atoms with Gasteiger partial charge in [-0.05, 0) is 33.1 Å². The van der Waals surface area contributed by atoms with Crippen LogP contribution in [-0.2, 0) is 17.8 Å². The molecule has 0 aliphatic carbocycles. The maximum Gasteiger partial charge on any atom is 0.307 e. The van der Waals surface area contributed by atoms with Crippen molar-refractivity contribution in [3.8, 4) is 0 Å². The molecule has 20 heavy (non-hydrogen) atoms. The summed E-state index contributed by atoms with van der Waals surface area (Å²) in [5, 5.41) is 13.4. The summed E-state index contributed by atoms with van der Waals surface area (Å²) < 4.78 is 0.894. The predicted molar refractivity (Wildman–Crippen MR) is 81.0 cm³/mol. The Bertz CT molecular complexity index is 622. The van der Waals surface area contributed by atoms with Crippen LogP contribution in [0.3, 0.4) is 0 Å². The molecule has 2 aromatic rings. The van der Waals surface area contributed by atoms with Crippen LogP contribution < -0.4 is 5.32 Å². The minimum Gasteiger partial charge on any atom is -0.481 e. The molecule has 1 amide bonds. The maximum atomic E-state index is 11.8. The van der Waals surface area contributed by atoms with Crippen LogP contribution in [0.4, 0.5) is 0 Å². The molecule has 2 N–H and O–H groups in total. The number of rotatable bonds is 5. The fourth-order valence-electron chi connectivity index (χ4n) is 1.65. The van der Waals surface area contributed by atoms with E-state index in [1.165, 1.54) is 11.3 Å². The Hall–Kier alpha value is -1.66. The van der Waals surface area contributed by atoms with Gasteiger partial charge in [0.05, 0.1) is 11.3 Å². The Kier molecular flexibility index (Phi) is 4.92. The second-order valence-electron chi connectivity index (χ2n) is 4.20. The van der Waals surface area contributed by atoms with Crippen LogP contribution in [0, 0.1) is 0 Å². The highest BCUT2D eigenvalue weighted by Gasteiger charge is 2.08. The highest BCUT2D eigenvalue weighted by atomic mass is 79.9. The quantitative estimate of drug-likeness (QED) is 0.867. The second-order valence-corrected chi connectivity index (χ2v) is 6.03. The van der Waals surface area contributed by atoms with Crippen LogP contribution in [0.1, 0.15) is 20.8 Å². The number of amides is 1. The molecule has 0 fully saturated rings. The van der Waals surface area contributed by atoms with E-state index < -0.39 is 5.97 Å². The number of carbonyl (C=O) groups excluding carboxylic acids is 1. The van der Waals surface area contributed by atoms with Gasteiger partial charge >= 0.3 is 5.97 Å². The first-order valence-electron chi connectivity index (χ1n) is 5.86. The monoisotopic (exact) mass is 353 g/mol. The van der Waals surface area contributed by atoms with Crippen molar-refractivity contribution in [3.63, 3.8) is 0 Å². The lowest BCUT2D eigenvalue weighted by atomic mass is 10.1. The fourth-order valence-corrected chi connectivity index (χ4v) is 2.99. The molecule has 0 aliphatic heterocycles. The molecule has 104 valence electrons. The summed E-state index contributed by atoms with van der Waals surface area (Å²) in [6.07, 6.45) is 0.00978. The van der Waals surface area contributed by atoms with Crippen molar-refractivity contribution >= 4 is 39.1 Å². The number of benzene rings is 1. The zero-order chi connectivity index (χ0) is 14.5. The van der Waals surface area contributed by atoms with E-state index in [9.17, 15) is 9.59 Å². The van der Waals surface area contributed by atoms with Crippen LogP contribution in [0.25, 0.3) is 0 Å². The lowest BCUT2D eigenvalue weighted by molar-refractivity contribution is -0.136. The summed E-state index contributed by atoms with van der Waals surface area (Å²) in [6, 6.07) is 8.94. The highest BCUT2D eigenvalue weighted by Crippen LogP contribution is 2.19. The standard InChI is InChI=1S/C14H12BrNO3S/c15-11-6-12(20-8-11)14(19)16-7-10-3-1-9(2-4-10)5-13(17)18/h1-4,6,8H,5,7H2,(H,16,19)(H,17,18). The molecule has 0 bridgehead atoms. The van der Waals surface area contributed by atoms with Gasteiger partial charge in [-0.25, -0.2) is 0 Å². The predicted octanol–water partition coefficient (Wildman–Crippen LogP) is 3.07. The van der Waals surface area contributed by atoms with E-state index in [4.69, 9.17) is 5.11 Å². The molecule has 0 unspecified atom stereocenters. The first kappa shape index (κ1) is 14.7. The van der Waals surface area contributed by atoms with Gasteiger partial charge in [-0.3, -0.25) is 9.59 Å². The van der Waals surface area contributed by atoms with E-state index in [1.807, 2.05) is 17.5 Å². The summed E-state index contributed by atoms with van der Waals surface area (Å²) in [4.78, 5) is 23.1. The lowest BCUT2D eigenvalue weighted by Gasteiger charge is -2.05. The van der Waals surface area contributed by atoms with Crippen LogP contribution in [0.15, 0.2) is 40.2 Å². The van der Waals surface area contributed by atoms with Gasteiger partial charge in [0.25, 0.3) is 5.91 Å². The van der Waals surface area contributed by atoms with Crippen LogP contribution in [0.2, 0.25) is 0 Å². The van der Waals surface area contributed by atoms with Crippen LogP contribution >= 0.6 is 27.3 Å². The topological polar surface area (TPSA) is 66.4 Å². The van der Waals surface area contributed by atoms with Gasteiger partial charge in [-0.2, -0.15) is 0 Å². The number of nitrogens with one attached hydrogen (secondary N) is 1. The minimum atomic E-state index is -0.852. The number of carboxylic acids is 1. The lowest BCUT2D eigenvalue weighted by Crippen LogP contribution is -2.21. The number of thiophene rings is 1. The van der Waals surface area contributed by atoms with Crippen molar-refractivity contribution in [2.24, 2.45) is 0 Å². The third kappa shape index (κ3) is 4.18. The van der Waals surface area contributed by atoms with E-state index in [0.29, 0.717) is 11.4 Å². The second kappa shape index (κ2) is 6.67. The molecule has 0 aliphatic rings. The van der Waals surface area contributed by atoms with Gasteiger partial charge < -0.3 is 10.4 Å². The van der Waals surface area contributed by atoms with Crippen molar-refractivity contribution in [1.29, 1.82) is 0 Å². The third-order valence-corrected chi connectivity index (χ3v) is 4.31. The average Bonchev–Trinajstić information content (AvgIpc) is 2.84. The molecule has 1 aromatic carbocycles. The number of halogens is 1. The number of hydrogen-bond acceptors (Lipinski definition) is 3. The molecule has 1 aromatic heterocycles. The summed E-state index contributed by atoms with van der Waals surface area (Å²) in [7, 11) is 0. The highest BCUT2D eigenvalue weighted by molar-refractivity contribution is 9.10. The minimum absolute atomic E-state index is 0.00978. The Morgan fingerprint density at radius 2 is 1.85 bits per heavy atom. The Morgan fingerprint density at radius 1 is 1.20 bits per heavy atom. The van der Waals surface area contributed by atoms with E-state index in [-0.39, 0.29) is 12.3 Å². The molecule has 0 radical (unpaired) electrons. The van der Waals surface area contributed by atoms with E-state index in [1.54, 1.807) is 18.2 Å². The number of carboxylic acid groups (broad SMARTS) is 1. The summed E-state index contributed by atoms with van der Waals surface area (Å²) in [5.74, 6) is -0.968. The SMILES string of the molecule is O=C(O)Cc1ccc(CNC(=O)c2cc(Br)cs2)cc1. The molecule has 0 saturated heterocycles. The van der Waals surface area contributed by atoms with Gasteiger partial charge in [-0.1, -0.05) is 24.3 Å². The number of aliphatic carboxylic acids is 1. The molecule has 1 heterocycles. The van der Waals surface area contributed by atoms with Crippen LogP contribution in [0.5, 0.6) is 0 Å². The zero-order valence-electron chi connectivity index (χ0n) is 10.4. The zero-order valence-corrected chi connectivity index (χ0v) is 12.8. The van der Waals surface area contributed by atoms with Gasteiger partial charge in [0.1, 0.15) is 0 Å². The van der Waals surface area contributed by atoms with E-state index in [0.717, 1.165) is 15.6 Å². The normalized spacial score (nSPS) is 10.2. The van der Waals surface area contributed by atoms with Crippen molar-refractivity contribution in [2.45, 2.75) is 13.0 Å². The Morgan fingerprint density at radius 3 is 2.40 bits per heavy atom. The maximum absolute atomic E-state index is 11.8. The van der Waals surface area contributed by atoms with Crippen molar-refractivity contribution in [2.75, 3.05) is 0 Å². The largest absolute Gasteiger partial charge is 0.481 e. The number of carbonyl (C=O) groups is 2. The molecule has 6 heteroatoms. The Balaban J connectivity index is 1.90. The first-order chi connectivity index (χ1) is 9.54. The molecule has 0 atom stereocenters. The summed E-state index contributed by atoms with van der Waals surface area (Å²) in [5.41, 5.74) is 1.68. The third-order valence-electron chi connectivity index (χ3n) is 2.62. The average molecular weight is 354 g/mol. The molecular formula is C14H12BrNO3S. The fraction of sp³-hybridized carbons (Fsp3) is 0.143. The van der Waals surface area contributed by atoms with Gasteiger partial charge in [0, 0.05) is 16.4 Å². The van der Waals surface area contributed by atoms with E-state index in [2.05, 4.69) is 21.2 Å². The summed E-state index contributed by atoms with van der Waals surface area (Å²) in [6.45, 7) is 0.418. The molecule has 2 rings (SSSR count). The summed E-state index contributed by atoms with van der Waals surface area (Å²) >= 11 is 4.68. The Labute approximate surface area is 128 Å². The van der Waals surface area contributed by atoms with Gasteiger partial charge in [0.2, 0.25) is 0 Å². The van der Waals surface area contributed by atoms with Crippen molar-refractivity contribution < 1.29 is 14.7 Å². The van der Waals surface area contributed by atoms with Crippen molar-refractivity contribution in [1.82, 2.24) is 5.32 Å². The van der Waals surface area contributed by atoms with Gasteiger partial charge in [0.15, 0.2) is 0 Å². The van der Waals surface area contributed by atoms with Crippen molar-refractivity contribution in [3.05, 3.63) is 56.2 Å². The first-order valence-corrected chi connectivity index (χ1v) is 7.53. The molecular weight excluding hydrogens is 342 g/mol. The molecule has 0 spiro atoms. The molecule has 0 saturated carbocycles.